The fraction of sp³-hybridized carbons (Fsp3) is 0.227. The lowest BCUT2D eigenvalue weighted by atomic mass is 10.3. The van der Waals surface area contributed by atoms with Gasteiger partial charge in [0.05, 0.1) is 36.7 Å². The van der Waals surface area contributed by atoms with Crippen LogP contribution in [0.15, 0.2) is 85.6 Å². The van der Waals surface area contributed by atoms with Gasteiger partial charge in [0.1, 0.15) is 0 Å². The normalized spacial score (nSPS) is 10.9. The fourth-order valence-corrected chi connectivity index (χ4v) is 2.72. The molecule has 0 fully saturated rings. The molecule has 0 spiro atoms. The Morgan fingerprint density at radius 1 is 0.630 bits per heavy atom. The zero-order valence-electron chi connectivity index (χ0n) is 15.6. The second-order valence-corrected chi connectivity index (χ2v) is 6.23. The van der Waals surface area contributed by atoms with Crippen molar-refractivity contribution in [1.82, 2.24) is 24.8 Å². The Bertz CT molecular complexity index is 764. The summed E-state index contributed by atoms with van der Waals surface area (Å²) < 4.78 is 0. The van der Waals surface area contributed by atoms with Gasteiger partial charge in [-0.05, 0) is 43.3 Å². The summed E-state index contributed by atoms with van der Waals surface area (Å²) in [6.45, 7) is 5.31. The Kier molecular flexibility index (Phi) is 6.92. The molecule has 0 atom stereocenters. The van der Waals surface area contributed by atoms with Crippen LogP contribution in [0.3, 0.4) is 0 Å². The minimum absolute atomic E-state index is 0.731. The maximum absolute atomic E-state index is 4.46. The van der Waals surface area contributed by atoms with E-state index in [0.29, 0.717) is 0 Å². The van der Waals surface area contributed by atoms with Crippen LogP contribution >= 0.6 is 0 Å². The van der Waals surface area contributed by atoms with Crippen molar-refractivity contribution >= 4 is 0 Å². The molecule has 5 heteroatoms. The van der Waals surface area contributed by atoms with Crippen LogP contribution in [0.25, 0.3) is 0 Å². The van der Waals surface area contributed by atoms with Gasteiger partial charge >= 0.3 is 0 Å². The third-order valence-electron chi connectivity index (χ3n) is 4.17. The molecule has 138 valence electrons. The van der Waals surface area contributed by atoms with E-state index in [0.717, 1.165) is 43.3 Å². The van der Waals surface area contributed by atoms with Crippen molar-refractivity contribution in [3.05, 3.63) is 103 Å². The Labute approximate surface area is 161 Å². The zero-order chi connectivity index (χ0) is 18.7. The highest BCUT2D eigenvalue weighted by Gasteiger charge is 2.06. The first-order chi connectivity index (χ1) is 13.3. The molecular formula is C22H25N5. The van der Waals surface area contributed by atoms with Crippen LogP contribution < -0.4 is 0 Å². The fourth-order valence-electron chi connectivity index (χ4n) is 2.72. The number of nitrogens with zero attached hydrogens (tertiary/aromatic N) is 5. The van der Waals surface area contributed by atoms with E-state index in [1.807, 2.05) is 67.1 Å². The Balaban J connectivity index is 1.71. The quantitative estimate of drug-likeness (QED) is 0.580. The largest absolute Gasteiger partial charge is 0.371 e. The molecule has 3 aromatic heterocycles. The Hall–Kier alpha value is -3.21. The molecule has 0 unspecified atom stereocenters. The molecule has 0 aromatic carbocycles. The van der Waals surface area contributed by atoms with Crippen LogP contribution in [-0.2, 0) is 19.6 Å². The molecule has 0 bridgehead atoms. The van der Waals surface area contributed by atoms with E-state index < -0.39 is 0 Å². The minimum Gasteiger partial charge on any atom is -0.371 e. The summed E-state index contributed by atoms with van der Waals surface area (Å²) in [4.78, 5) is 17.8. The van der Waals surface area contributed by atoms with E-state index in [-0.39, 0.29) is 0 Å². The number of rotatable bonds is 9. The lowest BCUT2D eigenvalue weighted by Gasteiger charge is -2.23. The number of pyridine rings is 3. The highest BCUT2D eigenvalue weighted by molar-refractivity contribution is 5.08. The Morgan fingerprint density at radius 2 is 1.04 bits per heavy atom. The monoisotopic (exact) mass is 359 g/mol. The second kappa shape index (κ2) is 10.1. The van der Waals surface area contributed by atoms with E-state index in [1.54, 1.807) is 0 Å². The van der Waals surface area contributed by atoms with Crippen LogP contribution in [0.5, 0.6) is 0 Å². The van der Waals surface area contributed by atoms with Crippen molar-refractivity contribution in [2.45, 2.75) is 26.6 Å². The van der Waals surface area contributed by atoms with Crippen LogP contribution in [0.1, 0.15) is 24.0 Å². The second-order valence-electron chi connectivity index (χ2n) is 6.23. The molecular weight excluding hydrogens is 334 g/mol. The van der Waals surface area contributed by atoms with Crippen molar-refractivity contribution < 1.29 is 0 Å². The van der Waals surface area contributed by atoms with E-state index in [4.69, 9.17) is 0 Å². The predicted octanol–water partition coefficient (Wildman–Crippen LogP) is 3.87. The van der Waals surface area contributed by atoms with Crippen molar-refractivity contribution in [3.63, 3.8) is 0 Å². The van der Waals surface area contributed by atoms with E-state index in [9.17, 15) is 0 Å². The standard InChI is InChI=1S/C22H25N5/c1-2-26(17-20-9-3-6-12-23-20)15-16-27(18-21-10-4-7-13-24-21)19-22-11-5-8-14-25-22/h3-16H,2,17-19H2,1H3/b16-15+. The summed E-state index contributed by atoms with van der Waals surface area (Å²) in [7, 11) is 0. The average molecular weight is 359 g/mol. The van der Waals surface area contributed by atoms with Gasteiger partial charge in [0.25, 0.3) is 0 Å². The SMILES string of the molecule is CCN(/C=C/N(Cc1ccccn1)Cc1ccccn1)Cc1ccccn1. The van der Waals surface area contributed by atoms with Crippen LogP contribution in [0, 0.1) is 0 Å². The molecule has 0 aliphatic rings. The number of aromatic nitrogens is 3. The summed E-state index contributed by atoms with van der Waals surface area (Å²) in [5, 5.41) is 0. The first kappa shape index (κ1) is 18.6. The van der Waals surface area contributed by atoms with Crippen molar-refractivity contribution in [2.24, 2.45) is 0 Å². The van der Waals surface area contributed by atoms with Gasteiger partial charge < -0.3 is 9.80 Å². The molecule has 5 nitrogen and oxygen atoms in total. The van der Waals surface area contributed by atoms with Crippen LogP contribution in [-0.4, -0.2) is 31.3 Å². The molecule has 0 aliphatic carbocycles. The number of hydrogen-bond acceptors (Lipinski definition) is 5. The molecule has 0 amide bonds. The molecule has 27 heavy (non-hydrogen) atoms. The predicted molar refractivity (Wildman–Crippen MR) is 107 cm³/mol. The molecule has 0 saturated heterocycles. The first-order valence-corrected chi connectivity index (χ1v) is 9.19. The topological polar surface area (TPSA) is 45.2 Å². The summed E-state index contributed by atoms with van der Waals surface area (Å²) >= 11 is 0. The Morgan fingerprint density at radius 3 is 1.41 bits per heavy atom. The smallest absolute Gasteiger partial charge is 0.0601 e. The van der Waals surface area contributed by atoms with Gasteiger partial charge in [-0.15, -0.1) is 0 Å². The van der Waals surface area contributed by atoms with Gasteiger partial charge in [-0.3, -0.25) is 15.0 Å². The van der Waals surface area contributed by atoms with Crippen molar-refractivity contribution in [1.29, 1.82) is 0 Å². The zero-order valence-corrected chi connectivity index (χ0v) is 15.6. The summed E-state index contributed by atoms with van der Waals surface area (Å²) in [6, 6.07) is 18.0. The third-order valence-corrected chi connectivity index (χ3v) is 4.17. The van der Waals surface area contributed by atoms with Gasteiger partial charge in [0, 0.05) is 37.5 Å². The molecule has 0 radical (unpaired) electrons. The summed E-state index contributed by atoms with van der Waals surface area (Å²) in [5.41, 5.74) is 3.13. The van der Waals surface area contributed by atoms with Gasteiger partial charge in [-0.2, -0.15) is 0 Å². The van der Waals surface area contributed by atoms with Gasteiger partial charge in [0.2, 0.25) is 0 Å². The van der Waals surface area contributed by atoms with Crippen molar-refractivity contribution in [2.75, 3.05) is 6.54 Å². The highest BCUT2D eigenvalue weighted by atomic mass is 15.2. The van der Waals surface area contributed by atoms with Gasteiger partial charge in [0.15, 0.2) is 0 Å². The molecule has 0 N–H and O–H groups in total. The average Bonchev–Trinajstić information content (AvgIpc) is 2.73. The van der Waals surface area contributed by atoms with Crippen LogP contribution in [0.2, 0.25) is 0 Å². The van der Waals surface area contributed by atoms with Crippen molar-refractivity contribution in [3.8, 4) is 0 Å². The molecule has 0 saturated carbocycles. The summed E-state index contributed by atoms with van der Waals surface area (Å²) in [5.74, 6) is 0. The minimum atomic E-state index is 0.731. The van der Waals surface area contributed by atoms with Gasteiger partial charge in [-0.25, -0.2) is 0 Å². The lowest BCUT2D eigenvalue weighted by molar-refractivity contribution is 0.328. The van der Waals surface area contributed by atoms with Crippen LogP contribution in [0.4, 0.5) is 0 Å². The maximum Gasteiger partial charge on any atom is 0.0601 e. The molecule has 0 aliphatic heterocycles. The van der Waals surface area contributed by atoms with E-state index in [1.165, 1.54) is 0 Å². The van der Waals surface area contributed by atoms with E-state index >= 15 is 0 Å². The molecule has 3 aromatic rings. The molecule has 3 heterocycles. The first-order valence-electron chi connectivity index (χ1n) is 9.19. The lowest BCUT2D eigenvalue weighted by Crippen LogP contribution is -2.21. The van der Waals surface area contributed by atoms with Gasteiger partial charge in [-0.1, -0.05) is 18.2 Å². The summed E-state index contributed by atoms with van der Waals surface area (Å²) in [6.07, 6.45) is 9.74. The van der Waals surface area contributed by atoms with E-state index in [2.05, 4.69) is 50.1 Å². The molecule has 3 rings (SSSR count). The highest BCUT2D eigenvalue weighted by Crippen LogP contribution is 2.09. The number of hydrogen-bond donors (Lipinski definition) is 0. The third kappa shape index (κ3) is 6.22. The maximum atomic E-state index is 4.46.